The molecule has 2 aliphatic carbocycles. The number of rotatable bonds is 0. The maximum atomic E-state index is 4.38. The Balaban J connectivity index is 2.08. The van der Waals surface area contributed by atoms with Crippen LogP contribution in [-0.2, 0) is 0 Å². The molecule has 64 valence electrons. The van der Waals surface area contributed by atoms with Crippen LogP contribution in [0.25, 0.3) is 0 Å². The summed E-state index contributed by atoms with van der Waals surface area (Å²) in [4.78, 5) is 0. The number of allylic oxidation sites excluding steroid dienone is 1. The van der Waals surface area contributed by atoms with E-state index in [2.05, 4.69) is 36.2 Å². The van der Waals surface area contributed by atoms with E-state index in [0.29, 0.717) is 23.4 Å². The quantitative estimate of drug-likeness (QED) is 0.489. The second kappa shape index (κ2) is 1.81. The molecule has 2 bridgehead atoms. The molecule has 4 atom stereocenters. The van der Waals surface area contributed by atoms with Crippen molar-refractivity contribution in [3.8, 4) is 0 Å². The van der Waals surface area contributed by atoms with Gasteiger partial charge in [0.1, 0.15) is 0 Å². The maximum absolute atomic E-state index is 4.38. The van der Waals surface area contributed by atoms with Gasteiger partial charge >= 0.3 is 0 Å². The Morgan fingerprint density at radius 1 is 1.25 bits per heavy atom. The average molecular weight is 162 g/mol. The number of azo groups is 1. The Morgan fingerprint density at radius 2 is 2.00 bits per heavy atom. The van der Waals surface area contributed by atoms with E-state index >= 15 is 0 Å². The topological polar surface area (TPSA) is 24.7 Å². The summed E-state index contributed by atoms with van der Waals surface area (Å²) < 4.78 is 0. The summed E-state index contributed by atoms with van der Waals surface area (Å²) in [5.74, 6) is 1.49. The molecule has 0 saturated heterocycles. The van der Waals surface area contributed by atoms with Crippen LogP contribution in [0.1, 0.15) is 20.3 Å². The van der Waals surface area contributed by atoms with Crippen molar-refractivity contribution in [1.82, 2.24) is 0 Å². The molecule has 3 rings (SSSR count). The van der Waals surface area contributed by atoms with Crippen molar-refractivity contribution >= 4 is 0 Å². The summed E-state index contributed by atoms with van der Waals surface area (Å²) in [6.45, 7) is 4.63. The SMILES string of the molecule is CC1(C)[C@@H]2N=N[C@H]1[C@H]1CC=C[C@H]12. The van der Waals surface area contributed by atoms with Gasteiger partial charge in [0.25, 0.3) is 0 Å². The molecular weight excluding hydrogens is 148 g/mol. The number of hydrogen-bond donors (Lipinski definition) is 0. The molecule has 0 N–H and O–H groups in total. The van der Waals surface area contributed by atoms with Crippen molar-refractivity contribution in [3.63, 3.8) is 0 Å². The standard InChI is InChI=1S/C10H14N2/c1-10(2)8-6-4-3-5-7(6)9(10)12-11-8/h3-4,6-9H,5H2,1-2H3/t6-,7+,8-,9+/m1/s1. The molecule has 0 radical (unpaired) electrons. The monoisotopic (exact) mass is 162 g/mol. The number of nitrogens with zero attached hydrogens (tertiary/aromatic N) is 2. The third kappa shape index (κ3) is 0.551. The van der Waals surface area contributed by atoms with Gasteiger partial charge in [-0.25, -0.2) is 0 Å². The highest BCUT2D eigenvalue weighted by molar-refractivity contribution is 5.21. The average Bonchev–Trinajstić information content (AvgIpc) is 2.60. The lowest BCUT2D eigenvalue weighted by Gasteiger charge is -2.21. The predicted molar refractivity (Wildman–Crippen MR) is 47.0 cm³/mol. The lowest BCUT2D eigenvalue weighted by atomic mass is 9.83. The van der Waals surface area contributed by atoms with Crippen LogP contribution in [0, 0.1) is 17.3 Å². The molecule has 0 amide bonds. The Bertz CT molecular complexity index is 278. The zero-order chi connectivity index (χ0) is 8.34. The molecule has 0 aromatic rings. The fourth-order valence-electron chi connectivity index (χ4n) is 3.20. The van der Waals surface area contributed by atoms with E-state index < -0.39 is 0 Å². The molecular formula is C10H14N2. The van der Waals surface area contributed by atoms with Crippen molar-refractivity contribution in [2.24, 2.45) is 27.5 Å². The second-order valence-corrected chi connectivity index (χ2v) is 4.85. The van der Waals surface area contributed by atoms with Gasteiger partial charge in [0.2, 0.25) is 0 Å². The van der Waals surface area contributed by atoms with Gasteiger partial charge in [0.05, 0.1) is 12.1 Å². The molecule has 1 fully saturated rings. The van der Waals surface area contributed by atoms with E-state index in [1.807, 2.05) is 0 Å². The Labute approximate surface area is 72.8 Å². The van der Waals surface area contributed by atoms with Gasteiger partial charge in [-0.2, -0.15) is 10.2 Å². The third-order valence-electron chi connectivity index (χ3n) is 3.87. The van der Waals surface area contributed by atoms with Crippen LogP contribution in [0.15, 0.2) is 22.4 Å². The van der Waals surface area contributed by atoms with Gasteiger partial charge in [-0.1, -0.05) is 26.0 Å². The minimum Gasteiger partial charge on any atom is -0.190 e. The lowest BCUT2D eigenvalue weighted by Crippen LogP contribution is -2.27. The van der Waals surface area contributed by atoms with Crippen molar-refractivity contribution in [3.05, 3.63) is 12.2 Å². The van der Waals surface area contributed by atoms with Crippen LogP contribution in [-0.4, -0.2) is 12.1 Å². The Morgan fingerprint density at radius 3 is 2.75 bits per heavy atom. The maximum Gasteiger partial charge on any atom is 0.0846 e. The third-order valence-corrected chi connectivity index (χ3v) is 3.87. The molecule has 1 aliphatic heterocycles. The molecule has 0 spiro atoms. The van der Waals surface area contributed by atoms with Crippen LogP contribution in [0.4, 0.5) is 0 Å². The molecule has 3 aliphatic rings. The van der Waals surface area contributed by atoms with Crippen molar-refractivity contribution in [2.75, 3.05) is 0 Å². The predicted octanol–water partition coefficient (Wildman–Crippen LogP) is 2.42. The van der Waals surface area contributed by atoms with E-state index in [4.69, 9.17) is 0 Å². The largest absolute Gasteiger partial charge is 0.190 e. The summed E-state index contributed by atoms with van der Waals surface area (Å²) in [5, 5.41) is 8.76. The van der Waals surface area contributed by atoms with E-state index in [1.165, 1.54) is 6.42 Å². The first-order valence-electron chi connectivity index (χ1n) is 4.78. The fraction of sp³-hybridized carbons (Fsp3) is 0.800. The van der Waals surface area contributed by atoms with Crippen LogP contribution in [0.3, 0.4) is 0 Å². The normalized spacial score (nSPS) is 51.8. The first-order chi connectivity index (χ1) is 5.71. The van der Waals surface area contributed by atoms with Gasteiger partial charge in [0.15, 0.2) is 0 Å². The van der Waals surface area contributed by atoms with Gasteiger partial charge in [-0.05, 0) is 12.3 Å². The lowest BCUT2D eigenvalue weighted by molar-refractivity contribution is 0.319. The van der Waals surface area contributed by atoms with Gasteiger partial charge < -0.3 is 0 Å². The molecule has 0 unspecified atom stereocenters. The fourth-order valence-corrected chi connectivity index (χ4v) is 3.20. The molecule has 12 heavy (non-hydrogen) atoms. The zero-order valence-corrected chi connectivity index (χ0v) is 7.57. The first kappa shape index (κ1) is 6.81. The van der Waals surface area contributed by atoms with E-state index in [9.17, 15) is 0 Å². The highest BCUT2D eigenvalue weighted by Gasteiger charge is 2.59. The van der Waals surface area contributed by atoms with Gasteiger partial charge in [-0.15, -0.1) is 0 Å². The number of hydrogen-bond acceptors (Lipinski definition) is 2. The van der Waals surface area contributed by atoms with Crippen LogP contribution in [0.5, 0.6) is 0 Å². The molecule has 2 nitrogen and oxygen atoms in total. The molecule has 0 aromatic carbocycles. The Hall–Kier alpha value is -0.660. The molecule has 2 heteroatoms. The second-order valence-electron chi connectivity index (χ2n) is 4.85. The summed E-state index contributed by atoms with van der Waals surface area (Å²) in [5.41, 5.74) is 0.333. The smallest absolute Gasteiger partial charge is 0.0846 e. The van der Waals surface area contributed by atoms with Crippen LogP contribution >= 0.6 is 0 Å². The van der Waals surface area contributed by atoms with E-state index in [-0.39, 0.29) is 0 Å². The van der Waals surface area contributed by atoms with Crippen molar-refractivity contribution < 1.29 is 0 Å². The highest BCUT2D eigenvalue weighted by atomic mass is 15.2. The minimum atomic E-state index is 0.333. The summed E-state index contributed by atoms with van der Waals surface area (Å²) in [7, 11) is 0. The minimum absolute atomic E-state index is 0.333. The number of fused-ring (bicyclic) bond motifs is 5. The molecule has 0 aromatic heterocycles. The first-order valence-corrected chi connectivity index (χ1v) is 4.78. The highest BCUT2D eigenvalue weighted by Crippen LogP contribution is 2.56. The molecule has 1 heterocycles. The van der Waals surface area contributed by atoms with E-state index in [0.717, 1.165) is 5.92 Å². The van der Waals surface area contributed by atoms with Gasteiger partial charge in [0, 0.05) is 11.3 Å². The van der Waals surface area contributed by atoms with Crippen molar-refractivity contribution in [1.29, 1.82) is 0 Å². The van der Waals surface area contributed by atoms with Crippen LogP contribution < -0.4 is 0 Å². The van der Waals surface area contributed by atoms with Crippen LogP contribution in [0.2, 0.25) is 0 Å². The summed E-state index contributed by atoms with van der Waals surface area (Å²) in [6, 6.07) is 0.980. The van der Waals surface area contributed by atoms with Crippen molar-refractivity contribution in [2.45, 2.75) is 32.4 Å². The summed E-state index contributed by atoms with van der Waals surface area (Å²) in [6.07, 6.45) is 5.89. The summed E-state index contributed by atoms with van der Waals surface area (Å²) >= 11 is 0. The Kier molecular flexibility index (Phi) is 1.03. The van der Waals surface area contributed by atoms with Gasteiger partial charge in [-0.3, -0.25) is 0 Å². The zero-order valence-electron chi connectivity index (χ0n) is 7.57. The molecule has 1 saturated carbocycles. The van der Waals surface area contributed by atoms with E-state index in [1.54, 1.807) is 0 Å².